The maximum atomic E-state index is 9.72. The number of β-amino-alcohol motifs (C(OH)–C–C–N with tert-alkyl or cyclic N) is 1. The number of hydrogen-bond donors (Lipinski definition) is 4. The fourth-order valence-electron chi connectivity index (χ4n) is 5.01. The minimum absolute atomic E-state index is 0.156. The third-order valence-electron chi connectivity index (χ3n) is 7.82. The van der Waals surface area contributed by atoms with Gasteiger partial charge in [-0.3, -0.25) is 0 Å². The summed E-state index contributed by atoms with van der Waals surface area (Å²) in [5.41, 5.74) is 2.20. The van der Waals surface area contributed by atoms with Crippen molar-refractivity contribution in [3.05, 3.63) is 74.7 Å². The number of aliphatic hydroxyl groups excluding tert-OH is 3. The van der Waals surface area contributed by atoms with Crippen LogP contribution in [0, 0.1) is 0 Å². The standard InChI is InChI=1S/C34H43Cl3N2O6/c1-3-14-43-30-17-31(28(35)16-24(30)18-38-34(2,21-40)22-41)45-20-23-7-4-8-26(32(23)36)27-9-5-10-29(33(27)37)44-15-6-12-39-13-11-25(42)19-39/h4-5,7-10,16-17,25,38,40-42H,3,6,11-15,18-22H2,1-2H3/t25-/m1/s1. The molecule has 1 saturated heterocycles. The highest BCUT2D eigenvalue weighted by Gasteiger charge is 2.23. The van der Waals surface area contributed by atoms with Gasteiger partial charge in [0.1, 0.15) is 23.9 Å². The van der Waals surface area contributed by atoms with Crippen molar-refractivity contribution in [2.45, 2.75) is 57.9 Å². The maximum Gasteiger partial charge on any atom is 0.142 e. The summed E-state index contributed by atoms with van der Waals surface area (Å²) < 4.78 is 18.2. The summed E-state index contributed by atoms with van der Waals surface area (Å²) in [6.45, 7) is 7.30. The van der Waals surface area contributed by atoms with Crippen LogP contribution in [0.1, 0.15) is 44.2 Å². The summed E-state index contributed by atoms with van der Waals surface area (Å²) in [6.07, 6.45) is 2.24. The Balaban J connectivity index is 1.45. The molecular weight excluding hydrogens is 639 g/mol. The van der Waals surface area contributed by atoms with Crippen molar-refractivity contribution in [3.8, 4) is 28.4 Å². The Morgan fingerprint density at radius 1 is 0.889 bits per heavy atom. The number of aliphatic hydroxyl groups is 3. The van der Waals surface area contributed by atoms with E-state index in [1.54, 1.807) is 19.1 Å². The molecule has 0 aliphatic carbocycles. The molecule has 0 spiro atoms. The van der Waals surface area contributed by atoms with E-state index in [0.29, 0.717) is 58.6 Å². The Morgan fingerprint density at radius 2 is 1.60 bits per heavy atom. The van der Waals surface area contributed by atoms with Gasteiger partial charge in [0, 0.05) is 54.5 Å². The van der Waals surface area contributed by atoms with Crippen LogP contribution >= 0.6 is 34.8 Å². The fourth-order valence-corrected chi connectivity index (χ4v) is 5.82. The van der Waals surface area contributed by atoms with Gasteiger partial charge in [0.25, 0.3) is 0 Å². The molecule has 246 valence electrons. The molecule has 0 unspecified atom stereocenters. The molecule has 0 radical (unpaired) electrons. The van der Waals surface area contributed by atoms with Crippen LogP contribution in [0.2, 0.25) is 15.1 Å². The maximum absolute atomic E-state index is 9.72. The molecule has 4 rings (SSSR count). The van der Waals surface area contributed by atoms with E-state index in [0.717, 1.165) is 54.6 Å². The first kappa shape index (κ1) is 35.6. The number of hydrogen-bond acceptors (Lipinski definition) is 8. The number of nitrogens with one attached hydrogen (secondary N) is 1. The second-order valence-electron chi connectivity index (χ2n) is 11.6. The Hall–Kier alpha value is -2.27. The summed E-state index contributed by atoms with van der Waals surface area (Å²) in [4.78, 5) is 2.24. The molecule has 1 heterocycles. The molecule has 0 saturated carbocycles. The molecule has 45 heavy (non-hydrogen) atoms. The van der Waals surface area contributed by atoms with E-state index in [9.17, 15) is 15.3 Å². The van der Waals surface area contributed by atoms with Crippen LogP contribution in [0.15, 0.2) is 48.5 Å². The van der Waals surface area contributed by atoms with Gasteiger partial charge in [-0.05, 0) is 38.3 Å². The van der Waals surface area contributed by atoms with Crippen molar-refractivity contribution in [2.75, 3.05) is 46.1 Å². The van der Waals surface area contributed by atoms with Crippen molar-refractivity contribution in [1.82, 2.24) is 10.2 Å². The first-order chi connectivity index (χ1) is 21.7. The van der Waals surface area contributed by atoms with Crippen molar-refractivity contribution >= 4 is 34.8 Å². The quantitative estimate of drug-likeness (QED) is 0.122. The van der Waals surface area contributed by atoms with Crippen molar-refractivity contribution < 1.29 is 29.5 Å². The van der Waals surface area contributed by atoms with E-state index in [1.807, 2.05) is 43.3 Å². The Kier molecular flexibility index (Phi) is 13.5. The second-order valence-corrected chi connectivity index (χ2v) is 12.8. The van der Waals surface area contributed by atoms with Gasteiger partial charge >= 0.3 is 0 Å². The van der Waals surface area contributed by atoms with Gasteiger partial charge < -0.3 is 39.7 Å². The van der Waals surface area contributed by atoms with E-state index >= 15 is 0 Å². The normalized spacial score (nSPS) is 15.4. The van der Waals surface area contributed by atoms with Crippen LogP contribution in [0.5, 0.6) is 17.2 Å². The molecule has 1 aliphatic rings. The molecule has 8 nitrogen and oxygen atoms in total. The Bertz CT molecular complexity index is 1400. The summed E-state index contributed by atoms with van der Waals surface area (Å²) in [5, 5.41) is 33.6. The van der Waals surface area contributed by atoms with Crippen molar-refractivity contribution in [3.63, 3.8) is 0 Å². The van der Waals surface area contributed by atoms with Gasteiger partial charge in [0.2, 0.25) is 0 Å². The van der Waals surface area contributed by atoms with Crippen molar-refractivity contribution in [2.24, 2.45) is 0 Å². The zero-order valence-electron chi connectivity index (χ0n) is 25.8. The largest absolute Gasteiger partial charge is 0.493 e. The number of benzene rings is 3. The van der Waals surface area contributed by atoms with Crippen LogP contribution in [-0.4, -0.2) is 77.9 Å². The zero-order chi connectivity index (χ0) is 32.4. The average molecular weight is 682 g/mol. The lowest BCUT2D eigenvalue weighted by Crippen LogP contribution is -2.48. The van der Waals surface area contributed by atoms with Gasteiger partial charge in [-0.2, -0.15) is 0 Å². The van der Waals surface area contributed by atoms with E-state index in [4.69, 9.17) is 49.0 Å². The average Bonchev–Trinajstić information content (AvgIpc) is 3.46. The first-order valence-electron chi connectivity index (χ1n) is 15.3. The molecule has 0 amide bonds. The number of rotatable bonds is 17. The first-order valence-corrected chi connectivity index (χ1v) is 16.5. The van der Waals surface area contributed by atoms with Gasteiger partial charge in [0.15, 0.2) is 0 Å². The zero-order valence-corrected chi connectivity index (χ0v) is 28.1. The summed E-state index contributed by atoms with van der Waals surface area (Å²) in [6, 6.07) is 14.9. The molecule has 1 aliphatic heterocycles. The van der Waals surface area contributed by atoms with Gasteiger partial charge in [-0.15, -0.1) is 0 Å². The van der Waals surface area contributed by atoms with Gasteiger partial charge in [0.05, 0.1) is 53.1 Å². The predicted octanol–water partition coefficient (Wildman–Crippen LogP) is 6.35. The lowest BCUT2D eigenvalue weighted by Gasteiger charge is -2.27. The summed E-state index contributed by atoms with van der Waals surface area (Å²) >= 11 is 20.4. The number of nitrogens with zero attached hydrogens (tertiary/aromatic N) is 1. The van der Waals surface area contributed by atoms with Crippen LogP contribution < -0.4 is 19.5 Å². The molecule has 11 heteroatoms. The minimum atomic E-state index is -0.849. The Morgan fingerprint density at radius 3 is 2.29 bits per heavy atom. The smallest absolute Gasteiger partial charge is 0.142 e. The van der Waals surface area contributed by atoms with Gasteiger partial charge in [-0.1, -0.05) is 72.1 Å². The lowest BCUT2D eigenvalue weighted by molar-refractivity contribution is 0.103. The number of likely N-dealkylation sites (tertiary alicyclic amines) is 1. The monoisotopic (exact) mass is 680 g/mol. The summed E-state index contributed by atoms with van der Waals surface area (Å²) in [7, 11) is 0. The van der Waals surface area contributed by atoms with E-state index in [-0.39, 0.29) is 25.9 Å². The van der Waals surface area contributed by atoms with Crippen LogP contribution in [0.4, 0.5) is 0 Å². The van der Waals surface area contributed by atoms with Crippen LogP contribution in [0.3, 0.4) is 0 Å². The Labute approximate surface area is 280 Å². The molecular formula is C34H43Cl3N2O6. The molecule has 1 fully saturated rings. The van der Waals surface area contributed by atoms with Crippen molar-refractivity contribution in [1.29, 1.82) is 0 Å². The van der Waals surface area contributed by atoms with E-state index in [2.05, 4.69) is 10.2 Å². The van der Waals surface area contributed by atoms with Gasteiger partial charge in [-0.25, -0.2) is 0 Å². The topological polar surface area (TPSA) is 104 Å². The second kappa shape index (κ2) is 17.0. The highest BCUT2D eigenvalue weighted by atomic mass is 35.5. The molecule has 3 aromatic rings. The van der Waals surface area contributed by atoms with Crippen LogP contribution in [0.25, 0.3) is 11.1 Å². The molecule has 4 N–H and O–H groups in total. The summed E-state index contributed by atoms with van der Waals surface area (Å²) in [5.74, 6) is 1.63. The molecule has 0 aromatic heterocycles. The molecule has 3 aromatic carbocycles. The highest BCUT2D eigenvalue weighted by molar-refractivity contribution is 6.37. The van der Waals surface area contributed by atoms with E-state index < -0.39 is 5.54 Å². The van der Waals surface area contributed by atoms with Crippen LogP contribution in [-0.2, 0) is 13.2 Å². The molecule has 0 bridgehead atoms. The highest BCUT2D eigenvalue weighted by Crippen LogP contribution is 2.40. The number of ether oxygens (including phenoxy) is 3. The molecule has 1 atom stereocenters. The SMILES string of the molecule is CCCOc1cc(OCc2cccc(-c3cccc(OCCCN4CC[C@@H](O)C4)c3Cl)c2Cl)c(Cl)cc1CNC(C)(CO)CO. The number of halogens is 3. The predicted molar refractivity (Wildman–Crippen MR) is 180 cm³/mol. The third kappa shape index (κ3) is 9.62. The minimum Gasteiger partial charge on any atom is -0.493 e. The third-order valence-corrected chi connectivity index (χ3v) is 8.95. The lowest BCUT2D eigenvalue weighted by atomic mass is 10.0. The van der Waals surface area contributed by atoms with E-state index in [1.165, 1.54) is 0 Å². The fraction of sp³-hybridized carbons (Fsp3) is 0.471.